The average molecular weight is 572 g/mol. The molecule has 8 nitrogen and oxygen atoms in total. The van der Waals surface area contributed by atoms with Crippen molar-refractivity contribution < 1.29 is 37.0 Å². The molecule has 2 heterocycles. The molecule has 40 heavy (non-hydrogen) atoms. The van der Waals surface area contributed by atoms with Crippen LogP contribution in [0.1, 0.15) is 18.4 Å². The Hall–Kier alpha value is -4.58. The van der Waals surface area contributed by atoms with Crippen molar-refractivity contribution in [2.24, 2.45) is 0 Å². The van der Waals surface area contributed by atoms with Gasteiger partial charge in [-0.05, 0) is 67.6 Å². The average Bonchev–Trinajstić information content (AvgIpc) is 3.49. The first-order valence-electron chi connectivity index (χ1n) is 12.0. The van der Waals surface area contributed by atoms with Gasteiger partial charge in [0.05, 0.1) is 10.5 Å². The summed E-state index contributed by atoms with van der Waals surface area (Å²) >= 11 is 0. The van der Waals surface area contributed by atoms with Gasteiger partial charge in [0.1, 0.15) is 30.4 Å². The number of alkyl halides is 3. The number of rotatable bonds is 8. The van der Waals surface area contributed by atoms with Gasteiger partial charge in [0, 0.05) is 24.1 Å². The van der Waals surface area contributed by atoms with Crippen molar-refractivity contribution in [2.75, 3.05) is 0 Å². The zero-order valence-corrected chi connectivity index (χ0v) is 21.8. The molecule has 5 rings (SSSR count). The smallest absolute Gasteiger partial charge is 0.416 e. The van der Waals surface area contributed by atoms with E-state index in [0.29, 0.717) is 28.3 Å². The lowest BCUT2D eigenvalue weighted by Gasteiger charge is -2.09. The molecule has 0 saturated carbocycles. The summed E-state index contributed by atoms with van der Waals surface area (Å²) in [7, 11) is -3.98. The van der Waals surface area contributed by atoms with E-state index in [1.165, 1.54) is 24.3 Å². The second-order valence-corrected chi connectivity index (χ2v) is 10.6. The Morgan fingerprint density at radius 3 is 2.48 bits per heavy atom. The van der Waals surface area contributed by atoms with E-state index in [0.717, 1.165) is 17.5 Å². The van der Waals surface area contributed by atoms with Crippen LogP contribution in [0, 0.1) is 6.92 Å². The SMILES string of the molecule is Cc1oc(-c2ccc(C(F)(F)F)cc2)nc1COc1ccc2c(ccn2CC(=O)NS(=O)(=O)c2ccccc2)c1.[HH]. The third kappa shape index (κ3) is 5.86. The topological polar surface area (TPSA) is 103 Å². The number of amides is 1. The lowest BCUT2D eigenvalue weighted by atomic mass is 10.1. The van der Waals surface area contributed by atoms with Crippen LogP contribution < -0.4 is 9.46 Å². The van der Waals surface area contributed by atoms with Crippen LogP contribution in [0.15, 0.2) is 94.4 Å². The Bertz CT molecular complexity index is 1780. The number of fused-ring (bicyclic) bond motifs is 1. The highest BCUT2D eigenvalue weighted by molar-refractivity contribution is 7.90. The number of aromatic nitrogens is 2. The van der Waals surface area contributed by atoms with Crippen molar-refractivity contribution in [1.29, 1.82) is 0 Å². The van der Waals surface area contributed by atoms with Crippen LogP contribution in [-0.2, 0) is 34.1 Å². The number of nitrogens with zero attached hydrogens (tertiary/aromatic N) is 2. The van der Waals surface area contributed by atoms with Crippen LogP contribution in [0.3, 0.4) is 0 Å². The molecule has 12 heteroatoms. The fourth-order valence-electron chi connectivity index (χ4n) is 4.04. The van der Waals surface area contributed by atoms with Gasteiger partial charge in [0.2, 0.25) is 5.89 Å². The maximum absolute atomic E-state index is 12.8. The summed E-state index contributed by atoms with van der Waals surface area (Å²) in [6.07, 6.45) is -2.76. The van der Waals surface area contributed by atoms with Gasteiger partial charge < -0.3 is 13.7 Å². The molecule has 0 spiro atoms. The van der Waals surface area contributed by atoms with Gasteiger partial charge in [-0.3, -0.25) is 4.79 Å². The number of nitrogens with one attached hydrogen (secondary N) is 1. The van der Waals surface area contributed by atoms with Crippen LogP contribution in [0.2, 0.25) is 0 Å². The Kier molecular flexibility index (Phi) is 7.11. The highest BCUT2D eigenvalue weighted by Gasteiger charge is 2.30. The highest BCUT2D eigenvalue weighted by Crippen LogP contribution is 2.31. The summed E-state index contributed by atoms with van der Waals surface area (Å²) in [4.78, 5) is 16.8. The van der Waals surface area contributed by atoms with E-state index in [4.69, 9.17) is 9.15 Å². The molecule has 0 fully saturated rings. The number of sulfonamides is 1. The van der Waals surface area contributed by atoms with Crippen LogP contribution in [0.25, 0.3) is 22.4 Å². The lowest BCUT2D eigenvalue weighted by molar-refractivity contribution is -0.137. The Labute approximate surface area is 228 Å². The molecular formula is C28H24F3N3O5S. The van der Waals surface area contributed by atoms with Gasteiger partial charge in [-0.1, -0.05) is 18.2 Å². The predicted molar refractivity (Wildman–Crippen MR) is 142 cm³/mol. The number of oxazole rings is 1. The number of aryl methyl sites for hydroxylation is 1. The fourth-order valence-corrected chi connectivity index (χ4v) is 5.04. The van der Waals surface area contributed by atoms with Crippen molar-refractivity contribution in [2.45, 2.75) is 31.1 Å². The van der Waals surface area contributed by atoms with Crippen LogP contribution >= 0.6 is 0 Å². The molecule has 3 aromatic carbocycles. The van der Waals surface area contributed by atoms with Crippen molar-refractivity contribution in [3.8, 4) is 17.2 Å². The van der Waals surface area contributed by atoms with Crippen molar-refractivity contribution >= 4 is 26.8 Å². The van der Waals surface area contributed by atoms with E-state index in [1.807, 2.05) is 0 Å². The summed E-state index contributed by atoms with van der Waals surface area (Å²) in [5, 5.41) is 0.763. The molecule has 0 unspecified atom stereocenters. The third-order valence-corrected chi connectivity index (χ3v) is 7.47. The predicted octanol–water partition coefficient (Wildman–Crippen LogP) is 5.95. The molecule has 208 valence electrons. The number of hydrogen-bond donors (Lipinski definition) is 1. The molecule has 0 saturated heterocycles. The molecule has 1 N–H and O–H groups in total. The quantitative estimate of drug-likeness (QED) is 0.247. The minimum absolute atomic E-state index is 0. The van der Waals surface area contributed by atoms with Gasteiger partial charge in [-0.2, -0.15) is 13.2 Å². The van der Waals surface area contributed by atoms with Crippen molar-refractivity contribution in [1.82, 2.24) is 14.3 Å². The summed E-state index contributed by atoms with van der Waals surface area (Å²) in [5.74, 6) is 0.482. The summed E-state index contributed by atoms with van der Waals surface area (Å²) in [5.41, 5.74) is 0.835. The molecular weight excluding hydrogens is 547 g/mol. The maximum atomic E-state index is 12.8. The van der Waals surface area contributed by atoms with Crippen molar-refractivity contribution in [3.05, 3.63) is 102 Å². The summed E-state index contributed by atoms with van der Waals surface area (Å²) in [6.45, 7) is 1.54. The monoisotopic (exact) mass is 571 g/mol. The Morgan fingerprint density at radius 2 is 1.77 bits per heavy atom. The number of halogens is 3. The summed E-state index contributed by atoms with van der Waals surface area (Å²) in [6, 6.07) is 19.1. The minimum Gasteiger partial charge on any atom is -0.487 e. The van der Waals surface area contributed by atoms with E-state index < -0.39 is 27.7 Å². The Morgan fingerprint density at radius 1 is 1.05 bits per heavy atom. The molecule has 2 aromatic heterocycles. The van der Waals surface area contributed by atoms with Crippen molar-refractivity contribution in [3.63, 3.8) is 0 Å². The molecule has 0 aliphatic heterocycles. The molecule has 0 aliphatic rings. The molecule has 0 atom stereocenters. The molecule has 0 bridgehead atoms. The lowest BCUT2D eigenvalue weighted by Crippen LogP contribution is -2.33. The van der Waals surface area contributed by atoms with Crippen LogP contribution in [0.4, 0.5) is 13.2 Å². The van der Waals surface area contributed by atoms with Gasteiger partial charge in [0.25, 0.3) is 15.9 Å². The zero-order valence-electron chi connectivity index (χ0n) is 21.0. The number of ether oxygens (including phenoxy) is 1. The number of hydrogen-bond acceptors (Lipinski definition) is 6. The van der Waals surface area contributed by atoms with Gasteiger partial charge in [-0.15, -0.1) is 0 Å². The molecule has 0 aliphatic carbocycles. The van der Waals surface area contributed by atoms with E-state index >= 15 is 0 Å². The number of benzene rings is 3. The first kappa shape index (κ1) is 27.0. The zero-order chi connectivity index (χ0) is 28.5. The third-order valence-electron chi connectivity index (χ3n) is 6.09. The number of carbonyl (C=O) groups excluding carboxylic acids is 1. The van der Waals surface area contributed by atoms with Crippen LogP contribution in [0.5, 0.6) is 5.75 Å². The van der Waals surface area contributed by atoms with E-state index in [2.05, 4.69) is 9.71 Å². The van der Waals surface area contributed by atoms with E-state index in [-0.39, 0.29) is 25.4 Å². The van der Waals surface area contributed by atoms with Crippen LogP contribution in [-0.4, -0.2) is 23.9 Å². The first-order chi connectivity index (χ1) is 19.0. The van der Waals surface area contributed by atoms with E-state index in [1.54, 1.807) is 60.2 Å². The molecule has 0 radical (unpaired) electrons. The Balaban J connectivity index is 0.00000387. The minimum atomic E-state index is -4.43. The maximum Gasteiger partial charge on any atom is 0.416 e. The van der Waals surface area contributed by atoms with E-state index in [9.17, 15) is 26.4 Å². The van der Waals surface area contributed by atoms with Gasteiger partial charge in [-0.25, -0.2) is 18.1 Å². The standard InChI is InChI=1S/C28H22F3N3O5S.H2/c1-18-24(32-27(39-18)19-7-9-21(10-8-19)28(29,30)31)17-38-22-11-12-25-20(15-22)13-14-34(25)16-26(35)33-40(36,37)23-5-3-2-4-6-23;/h2-15H,16-17H2,1H3,(H,33,35);1H. The fraction of sp³-hybridized carbons (Fsp3) is 0.143. The van der Waals surface area contributed by atoms with Gasteiger partial charge >= 0.3 is 6.18 Å². The first-order valence-corrected chi connectivity index (χ1v) is 13.4. The molecule has 5 aromatic rings. The molecule has 1 amide bonds. The summed E-state index contributed by atoms with van der Waals surface area (Å²) < 4.78 is 78.5. The number of carbonyl (C=O) groups is 1. The normalized spacial score (nSPS) is 12.0. The second-order valence-electron chi connectivity index (χ2n) is 8.89. The highest BCUT2D eigenvalue weighted by atomic mass is 32.2. The second kappa shape index (κ2) is 10.5. The van der Waals surface area contributed by atoms with Gasteiger partial charge in [0.15, 0.2) is 0 Å². The largest absolute Gasteiger partial charge is 0.487 e.